The highest BCUT2D eigenvalue weighted by atomic mass is 19.1. The second-order valence-electron chi connectivity index (χ2n) is 11.5. The van der Waals surface area contributed by atoms with E-state index in [1.54, 1.807) is 12.4 Å². The largest absolute Gasteiger partial charge is 0.456 e. The molecule has 4 aromatic carbocycles. The van der Waals surface area contributed by atoms with E-state index in [-0.39, 0.29) is 0 Å². The van der Waals surface area contributed by atoms with Crippen LogP contribution < -0.4 is 4.74 Å². The highest BCUT2D eigenvalue weighted by molar-refractivity contribution is 6.13. The molecule has 0 N–H and O–H groups in total. The number of hydrogen-bond donors (Lipinski definition) is 0. The van der Waals surface area contributed by atoms with Crippen molar-refractivity contribution in [1.29, 1.82) is 0 Å². The molecule has 0 spiro atoms. The highest BCUT2D eigenvalue weighted by Gasteiger charge is 2.40. The van der Waals surface area contributed by atoms with Gasteiger partial charge in [-0.05, 0) is 54.1 Å². The van der Waals surface area contributed by atoms with Gasteiger partial charge in [-0.1, -0.05) is 80.6 Å². The van der Waals surface area contributed by atoms with Gasteiger partial charge in [0.25, 0.3) is 0 Å². The van der Waals surface area contributed by atoms with Crippen molar-refractivity contribution < 1.29 is 9.13 Å². The number of aromatic nitrogens is 3. The van der Waals surface area contributed by atoms with Gasteiger partial charge in [-0.25, -0.2) is 9.37 Å². The summed E-state index contributed by atoms with van der Waals surface area (Å²) in [5, 5.41) is 1.99. The number of pyridine rings is 2. The number of hydrogen-bond acceptors (Lipinski definition) is 3. The first kappa shape index (κ1) is 25.4. The highest BCUT2D eigenvalue weighted by Crippen LogP contribution is 2.55. The average molecular weight is 562 g/mol. The van der Waals surface area contributed by atoms with Crippen LogP contribution in [0, 0.1) is 0 Å². The van der Waals surface area contributed by atoms with Gasteiger partial charge < -0.3 is 4.74 Å². The lowest BCUT2D eigenvalue weighted by molar-refractivity contribution is 0.379. The molecular formula is C38H28FN3O. The number of alkyl halides is 1. The Bertz CT molecular complexity index is 2150. The van der Waals surface area contributed by atoms with E-state index in [0.717, 1.165) is 55.8 Å². The predicted octanol–water partition coefficient (Wildman–Crippen LogP) is 9.73. The normalized spacial score (nSPS) is 14.2. The molecule has 208 valence electrons. The molecule has 0 bridgehead atoms. The SMILES string of the molecule is CC1(C)c2ccccc2Oc2c1c(C(F)c1cccc(-c3ccccn3)c1)cc1c2c2ccccc2n1-c1ccccn1. The summed E-state index contributed by atoms with van der Waals surface area (Å²) in [5.74, 6) is 2.26. The Morgan fingerprint density at radius 2 is 1.51 bits per heavy atom. The minimum absolute atomic E-state index is 0.523. The van der Waals surface area contributed by atoms with Gasteiger partial charge in [0.1, 0.15) is 17.3 Å². The number of fused-ring (bicyclic) bond motifs is 6. The second kappa shape index (κ2) is 9.63. The molecule has 1 aliphatic heterocycles. The standard InChI is InChI=1S/C38H28FN3O/c1-38(2)28-15-4-6-18-32(28)43-37-34-26-14-3-5-17-30(26)42(33-19-8-10-21-41-33)31(34)23-27(35(37)38)36(39)25-13-11-12-24(22-25)29-16-7-9-20-40-29/h3-23,36H,1-2H3. The molecule has 0 fully saturated rings. The Balaban J connectivity index is 1.46. The van der Waals surface area contributed by atoms with Crippen LogP contribution in [-0.4, -0.2) is 14.5 Å². The zero-order valence-corrected chi connectivity index (χ0v) is 23.8. The van der Waals surface area contributed by atoms with Gasteiger partial charge in [0.15, 0.2) is 6.17 Å². The van der Waals surface area contributed by atoms with Gasteiger partial charge >= 0.3 is 0 Å². The van der Waals surface area contributed by atoms with Crippen molar-refractivity contribution in [3.05, 3.63) is 150 Å². The van der Waals surface area contributed by atoms with E-state index in [2.05, 4.69) is 41.6 Å². The van der Waals surface area contributed by atoms with Crippen LogP contribution in [0.25, 0.3) is 38.9 Å². The minimum atomic E-state index is -1.41. The maximum absolute atomic E-state index is 17.3. The first-order chi connectivity index (χ1) is 21.0. The number of nitrogens with zero attached hydrogens (tertiary/aromatic N) is 3. The number of rotatable bonds is 4. The second-order valence-corrected chi connectivity index (χ2v) is 11.5. The van der Waals surface area contributed by atoms with Crippen LogP contribution in [0.1, 0.15) is 42.3 Å². The molecule has 0 amide bonds. The first-order valence-corrected chi connectivity index (χ1v) is 14.5. The van der Waals surface area contributed by atoms with E-state index in [1.165, 1.54) is 0 Å². The molecule has 7 aromatic rings. The molecule has 8 rings (SSSR count). The molecule has 1 aliphatic rings. The smallest absolute Gasteiger partial charge is 0.151 e. The Kier molecular flexibility index (Phi) is 5.70. The number of halogens is 1. The Morgan fingerprint density at radius 3 is 2.33 bits per heavy atom. The van der Waals surface area contributed by atoms with Crippen LogP contribution in [0.3, 0.4) is 0 Å². The number of ether oxygens (including phenoxy) is 1. The summed E-state index contributed by atoms with van der Waals surface area (Å²) in [6.45, 7) is 4.33. The van der Waals surface area contributed by atoms with Crippen LogP contribution in [0.2, 0.25) is 0 Å². The molecule has 4 heterocycles. The van der Waals surface area contributed by atoms with Crippen molar-refractivity contribution in [1.82, 2.24) is 14.5 Å². The van der Waals surface area contributed by atoms with Gasteiger partial charge in [0.05, 0.1) is 22.1 Å². The van der Waals surface area contributed by atoms with Crippen LogP contribution in [0.15, 0.2) is 128 Å². The fraction of sp³-hybridized carbons (Fsp3) is 0.105. The van der Waals surface area contributed by atoms with Crippen LogP contribution in [-0.2, 0) is 5.41 Å². The van der Waals surface area contributed by atoms with Gasteiger partial charge in [0.2, 0.25) is 0 Å². The van der Waals surface area contributed by atoms with Crippen molar-refractivity contribution in [2.75, 3.05) is 0 Å². The molecule has 1 unspecified atom stereocenters. The van der Waals surface area contributed by atoms with Crippen molar-refractivity contribution in [3.8, 4) is 28.6 Å². The van der Waals surface area contributed by atoms with Crippen molar-refractivity contribution in [2.45, 2.75) is 25.4 Å². The molecule has 0 aliphatic carbocycles. The van der Waals surface area contributed by atoms with Gasteiger partial charge in [-0.2, -0.15) is 0 Å². The average Bonchev–Trinajstić information content (AvgIpc) is 3.39. The molecule has 4 nitrogen and oxygen atoms in total. The zero-order chi connectivity index (χ0) is 29.1. The third-order valence-corrected chi connectivity index (χ3v) is 8.64. The molecule has 5 heteroatoms. The summed E-state index contributed by atoms with van der Waals surface area (Å²) in [6, 6.07) is 37.6. The van der Waals surface area contributed by atoms with Gasteiger partial charge in [0, 0.05) is 45.4 Å². The third-order valence-electron chi connectivity index (χ3n) is 8.64. The molecule has 0 saturated heterocycles. The van der Waals surface area contributed by atoms with E-state index in [0.29, 0.717) is 16.9 Å². The summed E-state index contributed by atoms with van der Waals surface area (Å²) in [6.07, 6.45) is 2.13. The van der Waals surface area contributed by atoms with Crippen molar-refractivity contribution >= 4 is 21.8 Å². The Morgan fingerprint density at radius 1 is 0.744 bits per heavy atom. The van der Waals surface area contributed by atoms with Gasteiger partial charge in [-0.15, -0.1) is 0 Å². The fourth-order valence-electron chi connectivity index (χ4n) is 6.68. The Labute approximate surface area is 249 Å². The summed E-state index contributed by atoms with van der Waals surface area (Å²) in [5.41, 5.74) is 6.05. The quantitative estimate of drug-likeness (QED) is 0.215. The van der Waals surface area contributed by atoms with Gasteiger partial charge in [-0.3, -0.25) is 9.55 Å². The lowest BCUT2D eigenvalue weighted by atomic mass is 9.72. The first-order valence-electron chi connectivity index (χ1n) is 14.5. The summed E-state index contributed by atoms with van der Waals surface area (Å²) in [4.78, 5) is 9.20. The van der Waals surface area contributed by atoms with Crippen molar-refractivity contribution in [3.63, 3.8) is 0 Å². The van der Waals surface area contributed by atoms with E-state index < -0.39 is 11.6 Å². The molecular weight excluding hydrogens is 533 g/mol. The summed E-state index contributed by atoms with van der Waals surface area (Å²) in [7, 11) is 0. The van der Waals surface area contributed by atoms with Crippen LogP contribution in [0.5, 0.6) is 11.5 Å². The summed E-state index contributed by atoms with van der Waals surface area (Å²) >= 11 is 0. The predicted molar refractivity (Wildman–Crippen MR) is 170 cm³/mol. The molecule has 0 radical (unpaired) electrons. The molecule has 0 saturated carbocycles. The molecule has 1 atom stereocenters. The monoisotopic (exact) mass is 561 g/mol. The van der Waals surface area contributed by atoms with Crippen LogP contribution in [0.4, 0.5) is 4.39 Å². The van der Waals surface area contributed by atoms with E-state index in [1.807, 2.05) is 97.1 Å². The molecule has 43 heavy (non-hydrogen) atoms. The van der Waals surface area contributed by atoms with E-state index >= 15 is 4.39 Å². The maximum Gasteiger partial charge on any atom is 0.151 e. The number of para-hydroxylation sites is 2. The van der Waals surface area contributed by atoms with E-state index in [4.69, 9.17) is 9.72 Å². The maximum atomic E-state index is 17.3. The zero-order valence-electron chi connectivity index (χ0n) is 23.8. The lowest BCUT2D eigenvalue weighted by Gasteiger charge is -2.37. The topological polar surface area (TPSA) is 39.9 Å². The Hall–Kier alpha value is -5.29. The summed E-state index contributed by atoms with van der Waals surface area (Å²) < 4.78 is 26.2. The third kappa shape index (κ3) is 3.88. The van der Waals surface area contributed by atoms with Crippen molar-refractivity contribution in [2.24, 2.45) is 0 Å². The van der Waals surface area contributed by atoms with E-state index in [9.17, 15) is 0 Å². The lowest BCUT2D eigenvalue weighted by Crippen LogP contribution is -2.27. The molecule has 3 aromatic heterocycles. The van der Waals surface area contributed by atoms with Crippen LogP contribution >= 0.6 is 0 Å². The fourth-order valence-corrected chi connectivity index (χ4v) is 6.68. The number of benzene rings is 4. The minimum Gasteiger partial charge on any atom is -0.456 e.